The summed E-state index contributed by atoms with van der Waals surface area (Å²) in [6.07, 6.45) is 9.37. The summed E-state index contributed by atoms with van der Waals surface area (Å²) in [5.41, 5.74) is 10.9. The van der Waals surface area contributed by atoms with Crippen LogP contribution in [0.4, 0.5) is 0 Å². The summed E-state index contributed by atoms with van der Waals surface area (Å²) in [6.45, 7) is 11.0. The first-order chi connectivity index (χ1) is 12.5. The van der Waals surface area contributed by atoms with Crippen LogP contribution in [-0.2, 0) is 9.57 Å². The van der Waals surface area contributed by atoms with Gasteiger partial charge in [-0.3, -0.25) is 4.84 Å². The third kappa shape index (κ3) is 4.44. The smallest absolute Gasteiger partial charge is 0.119 e. The van der Waals surface area contributed by atoms with Crippen LogP contribution in [0, 0.1) is 12.8 Å². The van der Waals surface area contributed by atoms with Crippen molar-refractivity contribution in [1.82, 2.24) is 5.48 Å². The van der Waals surface area contributed by atoms with Crippen LogP contribution in [0.15, 0.2) is 72.0 Å². The van der Waals surface area contributed by atoms with Crippen LogP contribution >= 0.6 is 0 Å². The molecule has 0 spiro atoms. The number of hydrogen-bond acceptors (Lipinski definition) is 3. The van der Waals surface area contributed by atoms with E-state index in [2.05, 4.69) is 56.8 Å². The van der Waals surface area contributed by atoms with E-state index in [1.54, 1.807) is 0 Å². The predicted molar refractivity (Wildman–Crippen MR) is 106 cm³/mol. The first-order valence-electron chi connectivity index (χ1n) is 9.17. The second kappa shape index (κ2) is 8.37. The van der Waals surface area contributed by atoms with Crippen LogP contribution in [0.3, 0.4) is 0 Å². The molecule has 3 heteroatoms. The van der Waals surface area contributed by atoms with Crippen molar-refractivity contribution in [3.05, 3.63) is 83.2 Å². The van der Waals surface area contributed by atoms with E-state index >= 15 is 0 Å². The van der Waals surface area contributed by atoms with Gasteiger partial charge < -0.3 is 4.74 Å². The van der Waals surface area contributed by atoms with Gasteiger partial charge in [-0.05, 0) is 49.1 Å². The predicted octanol–water partition coefficient (Wildman–Crippen LogP) is 4.88. The van der Waals surface area contributed by atoms with Crippen LogP contribution in [-0.4, -0.2) is 18.8 Å². The molecule has 0 bridgehead atoms. The molecule has 2 aliphatic rings. The quantitative estimate of drug-likeness (QED) is 0.586. The van der Waals surface area contributed by atoms with E-state index in [-0.39, 0.29) is 12.0 Å². The highest BCUT2D eigenvalue weighted by molar-refractivity contribution is 5.60. The zero-order chi connectivity index (χ0) is 18.5. The SMILES string of the molecule is C=C(OCC(C)C1=CC=C(C2CC(C)NO2)C=C=C1)c1ccccc1C. The molecular formula is C23H27NO2. The van der Waals surface area contributed by atoms with Gasteiger partial charge in [0.05, 0.1) is 6.61 Å². The van der Waals surface area contributed by atoms with E-state index in [4.69, 9.17) is 9.57 Å². The number of hydroxylamine groups is 1. The summed E-state index contributed by atoms with van der Waals surface area (Å²) in [4.78, 5) is 5.63. The zero-order valence-corrected chi connectivity index (χ0v) is 15.8. The van der Waals surface area contributed by atoms with Crippen molar-refractivity contribution in [2.45, 2.75) is 39.3 Å². The highest BCUT2D eigenvalue weighted by atomic mass is 16.7. The fourth-order valence-corrected chi connectivity index (χ4v) is 3.13. The van der Waals surface area contributed by atoms with Gasteiger partial charge in [-0.25, -0.2) is 0 Å². The minimum absolute atomic E-state index is 0.0916. The van der Waals surface area contributed by atoms with Crippen molar-refractivity contribution in [3.8, 4) is 0 Å². The second-order valence-corrected chi connectivity index (χ2v) is 7.10. The molecule has 1 aromatic carbocycles. The van der Waals surface area contributed by atoms with Gasteiger partial charge in [0, 0.05) is 17.5 Å². The number of rotatable bonds is 6. The Labute approximate surface area is 156 Å². The molecular weight excluding hydrogens is 322 g/mol. The van der Waals surface area contributed by atoms with Gasteiger partial charge in [0.1, 0.15) is 11.9 Å². The molecule has 3 nitrogen and oxygen atoms in total. The maximum atomic E-state index is 5.96. The number of hydrogen-bond donors (Lipinski definition) is 1. The van der Waals surface area contributed by atoms with Gasteiger partial charge in [-0.1, -0.05) is 49.9 Å². The lowest BCUT2D eigenvalue weighted by molar-refractivity contribution is 0.0485. The van der Waals surface area contributed by atoms with Crippen molar-refractivity contribution in [2.75, 3.05) is 6.61 Å². The minimum atomic E-state index is 0.0916. The molecule has 0 saturated carbocycles. The molecule has 3 unspecified atom stereocenters. The van der Waals surface area contributed by atoms with Crippen molar-refractivity contribution < 1.29 is 9.57 Å². The van der Waals surface area contributed by atoms with Crippen LogP contribution in [0.1, 0.15) is 31.4 Å². The molecule has 0 radical (unpaired) electrons. The molecule has 1 heterocycles. The first kappa shape index (κ1) is 18.5. The standard InChI is InChI=1S/C23H27NO2/c1-16-8-5-6-11-22(16)19(4)25-15-17(2)20-9-7-10-21(13-12-20)23-14-18(3)24-26-23/h5-6,8-13,17-18,23-24H,4,14-15H2,1-3H3. The van der Waals surface area contributed by atoms with Crippen molar-refractivity contribution in [3.63, 3.8) is 0 Å². The van der Waals surface area contributed by atoms with Crippen LogP contribution in [0.25, 0.3) is 5.76 Å². The van der Waals surface area contributed by atoms with Crippen molar-refractivity contribution in [1.29, 1.82) is 0 Å². The number of benzene rings is 1. The Morgan fingerprint density at radius 3 is 2.88 bits per heavy atom. The Kier molecular flexibility index (Phi) is 5.95. The van der Waals surface area contributed by atoms with Crippen LogP contribution in [0.2, 0.25) is 0 Å². The minimum Gasteiger partial charge on any atom is -0.493 e. The van der Waals surface area contributed by atoms with E-state index in [1.165, 1.54) is 11.1 Å². The Bertz CT molecular complexity index is 796. The Hall–Kier alpha value is -2.32. The highest BCUT2D eigenvalue weighted by Crippen LogP contribution is 2.24. The normalized spacial score (nSPS) is 23.2. The molecule has 1 N–H and O–H groups in total. The van der Waals surface area contributed by atoms with Gasteiger partial charge in [-0.15, -0.1) is 5.73 Å². The van der Waals surface area contributed by atoms with E-state index in [0.717, 1.165) is 23.3 Å². The fourth-order valence-electron chi connectivity index (χ4n) is 3.13. The molecule has 136 valence electrons. The molecule has 0 amide bonds. The first-order valence-corrected chi connectivity index (χ1v) is 9.17. The number of nitrogens with one attached hydrogen (secondary N) is 1. The lowest BCUT2D eigenvalue weighted by Gasteiger charge is -2.16. The molecule has 1 aliphatic carbocycles. The molecule has 3 rings (SSSR count). The maximum absolute atomic E-state index is 5.96. The highest BCUT2D eigenvalue weighted by Gasteiger charge is 2.24. The third-order valence-electron chi connectivity index (χ3n) is 4.84. The summed E-state index contributed by atoms with van der Waals surface area (Å²) in [5, 5.41) is 0. The van der Waals surface area contributed by atoms with E-state index in [0.29, 0.717) is 12.6 Å². The summed E-state index contributed by atoms with van der Waals surface area (Å²) in [6, 6.07) is 8.53. The largest absolute Gasteiger partial charge is 0.493 e. The summed E-state index contributed by atoms with van der Waals surface area (Å²) in [5.74, 6) is 0.966. The second-order valence-electron chi connectivity index (χ2n) is 7.10. The molecule has 1 fully saturated rings. The van der Waals surface area contributed by atoms with Crippen molar-refractivity contribution >= 4 is 5.76 Å². The lowest BCUT2D eigenvalue weighted by atomic mass is 10.0. The summed E-state index contributed by atoms with van der Waals surface area (Å²) >= 11 is 0. The molecule has 3 atom stereocenters. The van der Waals surface area contributed by atoms with Gasteiger partial charge in [0.2, 0.25) is 0 Å². The van der Waals surface area contributed by atoms with E-state index < -0.39 is 0 Å². The van der Waals surface area contributed by atoms with E-state index in [9.17, 15) is 0 Å². The average molecular weight is 349 g/mol. The number of aryl methyl sites for hydroxylation is 1. The van der Waals surface area contributed by atoms with Gasteiger partial charge in [-0.2, -0.15) is 5.48 Å². The fraction of sp³-hybridized carbons (Fsp3) is 0.348. The van der Waals surface area contributed by atoms with Gasteiger partial charge in [0.15, 0.2) is 0 Å². The Morgan fingerprint density at radius 2 is 2.15 bits per heavy atom. The third-order valence-corrected chi connectivity index (χ3v) is 4.84. The molecule has 1 aliphatic heterocycles. The molecule has 1 saturated heterocycles. The van der Waals surface area contributed by atoms with E-state index in [1.807, 2.05) is 30.4 Å². The molecule has 1 aromatic rings. The number of allylic oxidation sites excluding steroid dienone is 2. The summed E-state index contributed by atoms with van der Waals surface area (Å²) in [7, 11) is 0. The van der Waals surface area contributed by atoms with Crippen molar-refractivity contribution in [2.24, 2.45) is 5.92 Å². The number of ether oxygens (including phenoxy) is 1. The average Bonchev–Trinajstić information content (AvgIpc) is 2.92. The van der Waals surface area contributed by atoms with Gasteiger partial charge in [0.25, 0.3) is 0 Å². The zero-order valence-electron chi connectivity index (χ0n) is 15.8. The van der Waals surface area contributed by atoms with Crippen LogP contribution < -0.4 is 5.48 Å². The van der Waals surface area contributed by atoms with Gasteiger partial charge >= 0.3 is 0 Å². The monoisotopic (exact) mass is 349 g/mol. The van der Waals surface area contributed by atoms with Crippen LogP contribution in [0.5, 0.6) is 0 Å². The molecule has 0 aromatic heterocycles. The molecule has 26 heavy (non-hydrogen) atoms. The maximum Gasteiger partial charge on any atom is 0.119 e. The lowest BCUT2D eigenvalue weighted by Crippen LogP contribution is -2.15. The Morgan fingerprint density at radius 1 is 1.35 bits per heavy atom. The topological polar surface area (TPSA) is 30.5 Å². The summed E-state index contributed by atoms with van der Waals surface area (Å²) < 4.78 is 5.96. The Balaban J connectivity index is 1.61.